The van der Waals surface area contributed by atoms with E-state index in [1.807, 2.05) is 13.8 Å². The summed E-state index contributed by atoms with van der Waals surface area (Å²) in [6.45, 7) is 4.40. The lowest BCUT2D eigenvalue weighted by molar-refractivity contribution is -0.125. The number of anilines is 1. The molecule has 1 aromatic heterocycles. The van der Waals surface area contributed by atoms with Crippen molar-refractivity contribution in [3.63, 3.8) is 0 Å². The maximum atomic E-state index is 13.0. The van der Waals surface area contributed by atoms with Crippen LogP contribution in [0, 0.1) is 5.92 Å². The molecular formula is C14H21F2N3O2. The molecule has 1 saturated carbocycles. The number of aliphatic hydroxyl groups is 1. The lowest BCUT2D eigenvalue weighted by Crippen LogP contribution is -2.40. The van der Waals surface area contributed by atoms with Gasteiger partial charge in [0, 0.05) is 12.7 Å². The minimum absolute atomic E-state index is 0.0265. The van der Waals surface area contributed by atoms with E-state index in [-0.39, 0.29) is 18.0 Å². The first-order valence-corrected chi connectivity index (χ1v) is 7.17. The highest BCUT2D eigenvalue weighted by atomic mass is 19.3. The van der Waals surface area contributed by atoms with Crippen LogP contribution in [-0.2, 0) is 11.3 Å². The summed E-state index contributed by atoms with van der Waals surface area (Å²) in [5, 5.41) is 16.2. The van der Waals surface area contributed by atoms with Crippen molar-refractivity contribution < 1.29 is 18.7 Å². The number of hydrogen-bond donors (Lipinski definition) is 2. The number of amides is 1. The van der Waals surface area contributed by atoms with Gasteiger partial charge in [0.2, 0.25) is 5.91 Å². The van der Waals surface area contributed by atoms with Crippen molar-refractivity contribution >= 4 is 11.6 Å². The van der Waals surface area contributed by atoms with Gasteiger partial charge in [-0.1, -0.05) is 13.8 Å². The zero-order valence-corrected chi connectivity index (χ0v) is 12.3. The van der Waals surface area contributed by atoms with Crippen molar-refractivity contribution in [1.82, 2.24) is 9.78 Å². The first-order chi connectivity index (χ1) is 9.79. The molecule has 1 aromatic rings. The molecular weight excluding hydrogens is 280 g/mol. The van der Waals surface area contributed by atoms with Gasteiger partial charge in [-0.15, -0.1) is 0 Å². The molecule has 1 aliphatic rings. The van der Waals surface area contributed by atoms with Gasteiger partial charge in [0.25, 0.3) is 6.43 Å². The van der Waals surface area contributed by atoms with Gasteiger partial charge in [-0.25, -0.2) is 8.78 Å². The number of nitrogens with zero attached hydrogens (tertiary/aromatic N) is 2. The van der Waals surface area contributed by atoms with E-state index in [0.717, 1.165) is 6.42 Å². The first-order valence-electron chi connectivity index (χ1n) is 7.17. The molecule has 1 aliphatic carbocycles. The number of carbonyl (C=O) groups excluding carboxylic acids is 1. The predicted octanol–water partition coefficient (Wildman–Crippen LogP) is 2.72. The molecule has 118 valence electrons. The number of carbonyl (C=O) groups is 1. The standard InChI is InChI=1S/C14H21F2N3O2/c1-9(2)7-19-8-10(12(18-19)13(15)16)17-11(20)6-14(21)4-3-5-14/h8-9,13,21H,3-7H2,1-2H3,(H,17,20). The summed E-state index contributed by atoms with van der Waals surface area (Å²) in [5.41, 5.74) is -1.37. The monoisotopic (exact) mass is 301 g/mol. The Balaban J connectivity index is 2.06. The maximum absolute atomic E-state index is 13.0. The molecule has 7 heteroatoms. The Morgan fingerprint density at radius 2 is 2.19 bits per heavy atom. The summed E-state index contributed by atoms with van der Waals surface area (Å²) < 4.78 is 27.4. The topological polar surface area (TPSA) is 67.2 Å². The SMILES string of the molecule is CC(C)Cn1cc(NC(=O)CC2(O)CCC2)c(C(F)F)n1. The molecule has 0 aromatic carbocycles. The number of nitrogens with one attached hydrogen (secondary N) is 1. The minimum Gasteiger partial charge on any atom is -0.389 e. The van der Waals surface area contributed by atoms with Crippen molar-refractivity contribution in [1.29, 1.82) is 0 Å². The normalized spacial score (nSPS) is 17.1. The smallest absolute Gasteiger partial charge is 0.284 e. The number of alkyl halides is 2. The summed E-state index contributed by atoms with van der Waals surface area (Å²) in [6.07, 6.45) is 0.650. The lowest BCUT2D eigenvalue weighted by Gasteiger charge is -2.35. The molecule has 0 unspecified atom stereocenters. The van der Waals surface area contributed by atoms with Gasteiger partial charge in [0.15, 0.2) is 5.69 Å². The van der Waals surface area contributed by atoms with Crippen LogP contribution >= 0.6 is 0 Å². The third kappa shape index (κ3) is 4.00. The van der Waals surface area contributed by atoms with E-state index < -0.39 is 23.6 Å². The fourth-order valence-corrected chi connectivity index (χ4v) is 2.42. The second-order valence-corrected chi connectivity index (χ2v) is 6.15. The van der Waals surface area contributed by atoms with E-state index >= 15 is 0 Å². The van der Waals surface area contributed by atoms with Crippen molar-refractivity contribution in [2.75, 3.05) is 5.32 Å². The summed E-state index contributed by atoms with van der Waals surface area (Å²) in [7, 11) is 0. The van der Waals surface area contributed by atoms with Gasteiger partial charge in [0.1, 0.15) is 0 Å². The average Bonchev–Trinajstić information content (AvgIpc) is 2.68. The summed E-state index contributed by atoms with van der Waals surface area (Å²) in [6, 6.07) is 0. The molecule has 1 fully saturated rings. The van der Waals surface area contributed by atoms with E-state index in [0.29, 0.717) is 19.4 Å². The maximum Gasteiger partial charge on any atom is 0.284 e. The van der Waals surface area contributed by atoms with Crippen LogP contribution in [0.1, 0.15) is 51.7 Å². The molecule has 21 heavy (non-hydrogen) atoms. The van der Waals surface area contributed by atoms with Crippen LogP contribution in [0.5, 0.6) is 0 Å². The second-order valence-electron chi connectivity index (χ2n) is 6.15. The molecule has 1 heterocycles. The zero-order valence-electron chi connectivity index (χ0n) is 12.3. The molecule has 5 nitrogen and oxygen atoms in total. The number of hydrogen-bond acceptors (Lipinski definition) is 3. The van der Waals surface area contributed by atoms with E-state index in [4.69, 9.17) is 0 Å². The summed E-state index contributed by atoms with van der Waals surface area (Å²) in [4.78, 5) is 11.9. The van der Waals surface area contributed by atoms with Crippen LogP contribution in [0.25, 0.3) is 0 Å². The van der Waals surface area contributed by atoms with Gasteiger partial charge in [0.05, 0.1) is 17.7 Å². The first kappa shape index (κ1) is 15.9. The third-order valence-corrected chi connectivity index (χ3v) is 3.60. The van der Waals surface area contributed by atoms with Gasteiger partial charge < -0.3 is 10.4 Å². The summed E-state index contributed by atoms with van der Waals surface area (Å²) >= 11 is 0. The Hall–Kier alpha value is -1.50. The van der Waals surface area contributed by atoms with Gasteiger partial charge in [-0.05, 0) is 25.2 Å². The molecule has 2 rings (SSSR count). The van der Waals surface area contributed by atoms with Gasteiger partial charge >= 0.3 is 0 Å². The molecule has 2 N–H and O–H groups in total. The van der Waals surface area contributed by atoms with Crippen LogP contribution in [0.15, 0.2) is 6.20 Å². The average molecular weight is 301 g/mol. The Kier molecular flexibility index (Phi) is 4.61. The Morgan fingerprint density at radius 3 is 2.67 bits per heavy atom. The number of rotatable bonds is 6. The predicted molar refractivity (Wildman–Crippen MR) is 74.1 cm³/mol. The molecule has 0 spiro atoms. The van der Waals surface area contributed by atoms with Crippen molar-refractivity contribution in [2.24, 2.45) is 5.92 Å². The molecule has 0 aliphatic heterocycles. The van der Waals surface area contributed by atoms with E-state index in [1.165, 1.54) is 10.9 Å². The second kappa shape index (κ2) is 6.09. The van der Waals surface area contributed by atoms with E-state index in [9.17, 15) is 18.7 Å². The Bertz CT molecular complexity index is 510. The largest absolute Gasteiger partial charge is 0.389 e. The Labute approximate surface area is 122 Å². The molecule has 1 amide bonds. The highest BCUT2D eigenvalue weighted by Gasteiger charge is 2.36. The molecule has 0 saturated heterocycles. The third-order valence-electron chi connectivity index (χ3n) is 3.60. The quantitative estimate of drug-likeness (QED) is 0.849. The van der Waals surface area contributed by atoms with Gasteiger partial charge in [-0.3, -0.25) is 9.48 Å². The highest BCUT2D eigenvalue weighted by Crippen LogP contribution is 2.35. The van der Waals surface area contributed by atoms with E-state index in [1.54, 1.807) is 0 Å². The van der Waals surface area contributed by atoms with Crippen LogP contribution in [0.4, 0.5) is 14.5 Å². The minimum atomic E-state index is -2.75. The zero-order chi connectivity index (χ0) is 15.6. The lowest BCUT2D eigenvalue weighted by atomic mass is 9.78. The van der Waals surface area contributed by atoms with Crippen LogP contribution in [0.2, 0.25) is 0 Å². The van der Waals surface area contributed by atoms with Crippen molar-refractivity contribution in [3.05, 3.63) is 11.9 Å². The van der Waals surface area contributed by atoms with Crippen LogP contribution in [0.3, 0.4) is 0 Å². The molecule has 0 atom stereocenters. The fourth-order valence-electron chi connectivity index (χ4n) is 2.42. The number of halogens is 2. The number of aromatic nitrogens is 2. The molecule has 0 radical (unpaired) electrons. The van der Waals surface area contributed by atoms with Crippen LogP contribution < -0.4 is 5.32 Å². The van der Waals surface area contributed by atoms with Crippen LogP contribution in [-0.4, -0.2) is 26.4 Å². The van der Waals surface area contributed by atoms with Gasteiger partial charge in [-0.2, -0.15) is 5.10 Å². The molecule has 0 bridgehead atoms. The summed E-state index contributed by atoms with van der Waals surface area (Å²) in [5.74, 6) is -0.196. The van der Waals surface area contributed by atoms with Crippen molar-refractivity contribution in [3.8, 4) is 0 Å². The van der Waals surface area contributed by atoms with E-state index in [2.05, 4.69) is 10.4 Å². The Morgan fingerprint density at radius 1 is 1.52 bits per heavy atom. The fraction of sp³-hybridized carbons (Fsp3) is 0.714. The van der Waals surface area contributed by atoms with Crippen molar-refractivity contribution in [2.45, 2.75) is 58.1 Å². The highest BCUT2D eigenvalue weighted by molar-refractivity contribution is 5.91.